The third kappa shape index (κ3) is 3.13. The minimum atomic E-state index is -3.63. The lowest BCUT2D eigenvalue weighted by molar-refractivity contribution is -0.138. The van der Waals surface area contributed by atoms with Gasteiger partial charge in [-0.1, -0.05) is 25.1 Å². The van der Waals surface area contributed by atoms with E-state index in [1.807, 2.05) is 0 Å². The van der Waals surface area contributed by atoms with Crippen molar-refractivity contribution in [2.75, 3.05) is 0 Å². The highest BCUT2D eigenvalue weighted by Gasteiger charge is 2.31. The first kappa shape index (κ1) is 14.0. The summed E-state index contributed by atoms with van der Waals surface area (Å²) < 4.78 is 27.1. The van der Waals surface area contributed by atoms with Crippen LogP contribution in [0.5, 0.6) is 0 Å². The van der Waals surface area contributed by atoms with Crippen LogP contribution in [0.1, 0.15) is 37.7 Å². The highest BCUT2D eigenvalue weighted by molar-refractivity contribution is 7.89. The molecule has 5 nitrogen and oxygen atoms in total. The molecule has 2 N–H and O–H groups in total. The molecule has 0 aromatic heterocycles. The van der Waals surface area contributed by atoms with E-state index in [1.165, 1.54) is 6.07 Å². The maximum Gasteiger partial charge on any atom is 0.311 e. The van der Waals surface area contributed by atoms with Crippen molar-refractivity contribution in [3.63, 3.8) is 0 Å². The molecule has 0 saturated heterocycles. The topological polar surface area (TPSA) is 83.5 Å². The van der Waals surface area contributed by atoms with Crippen LogP contribution in [0, 0.1) is 0 Å². The Morgan fingerprint density at radius 3 is 2.58 bits per heavy atom. The number of hydrogen-bond donors (Lipinski definition) is 2. The number of benzene rings is 1. The van der Waals surface area contributed by atoms with E-state index in [1.54, 1.807) is 25.1 Å². The molecule has 1 fully saturated rings. The lowest BCUT2D eigenvalue weighted by Crippen LogP contribution is -2.27. The Kier molecular flexibility index (Phi) is 3.91. The number of carbonyl (C=O) groups is 1. The molecule has 0 amide bonds. The van der Waals surface area contributed by atoms with Crippen molar-refractivity contribution >= 4 is 16.0 Å². The minimum absolute atomic E-state index is 0.00274. The Hall–Kier alpha value is -1.40. The molecular weight excluding hydrogens is 266 g/mol. The zero-order chi connectivity index (χ0) is 14.0. The summed E-state index contributed by atoms with van der Waals surface area (Å²) in [5.74, 6) is -1.80. The fourth-order valence-corrected chi connectivity index (χ4v) is 3.60. The Labute approximate surface area is 112 Å². The molecule has 0 spiro atoms. The van der Waals surface area contributed by atoms with Gasteiger partial charge in [-0.05, 0) is 30.9 Å². The molecule has 0 aliphatic heterocycles. The van der Waals surface area contributed by atoms with Crippen LogP contribution in [0.25, 0.3) is 0 Å². The molecule has 1 unspecified atom stereocenters. The van der Waals surface area contributed by atoms with E-state index in [4.69, 9.17) is 0 Å². The molecular formula is C13H17NO4S. The van der Waals surface area contributed by atoms with Gasteiger partial charge in [0.05, 0.1) is 10.8 Å². The number of sulfonamides is 1. The summed E-state index contributed by atoms with van der Waals surface area (Å²) in [4.78, 5) is 11.3. The highest BCUT2D eigenvalue weighted by atomic mass is 32.2. The van der Waals surface area contributed by atoms with E-state index in [0.717, 1.165) is 12.8 Å². The molecule has 6 heteroatoms. The van der Waals surface area contributed by atoms with E-state index < -0.39 is 21.9 Å². The molecule has 1 aliphatic rings. The molecule has 0 radical (unpaired) electrons. The largest absolute Gasteiger partial charge is 0.481 e. The van der Waals surface area contributed by atoms with Crippen molar-refractivity contribution < 1.29 is 18.3 Å². The molecule has 19 heavy (non-hydrogen) atoms. The molecule has 104 valence electrons. The lowest BCUT2D eigenvalue weighted by Gasteiger charge is -2.15. The fourth-order valence-electron chi connectivity index (χ4n) is 2.02. The number of carboxylic acids is 1. The summed E-state index contributed by atoms with van der Waals surface area (Å²) in [6.45, 7) is 1.73. The first-order chi connectivity index (χ1) is 8.95. The smallest absolute Gasteiger partial charge is 0.311 e. The van der Waals surface area contributed by atoms with E-state index in [9.17, 15) is 18.3 Å². The van der Waals surface area contributed by atoms with Crippen molar-refractivity contribution in [1.29, 1.82) is 0 Å². The molecule has 1 aromatic rings. The molecule has 0 bridgehead atoms. The van der Waals surface area contributed by atoms with Crippen LogP contribution in [-0.4, -0.2) is 25.5 Å². The third-order valence-electron chi connectivity index (χ3n) is 3.19. The minimum Gasteiger partial charge on any atom is -0.481 e. The Bertz CT molecular complexity index is 578. The molecule has 0 heterocycles. The first-order valence-electron chi connectivity index (χ1n) is 6.29. The maximum absolute atomic E-state index is 12.2. The number of nitrogens with one attached hydrogen (secondary N) is 1. The van der Waals surface area contributed by atoms with E-state index >= 15 is 0 Å². The predicted molar refractivity (Wildman–Crippen MR) is 70.5 cm³/mol. The second kappa shape index (κ2) is 5.30. The Balaban J connectivity index is 2.42. The second-order valence-electron chi connectivity index (χ2n) is 4.73. The molecule has 1 saturated carbocycles. The standard InChI is InChI=1S/C13H17NO4S/c1-2-10(13(15)16)11-5-3-4-6-12(11)19(17,18)14-9-7-8-9/h3-6,9-10,14H,2,7-8H2,1H3,(H,15,16). The van der Waals surface area contributed by atoms with Gasteiger partial charge in [0.1, 0.15) is 0 Å². The summed E-state index contributed by atoms with van der Waals surface area (Å²) in [7, 11) is -3.63. The van der Waals surface area contributed by atoms with Gasteiger partial charge in [0.15, 0.2) is 0 Å². The van der Waals surface area contributed by atoms with E-state index in [2.05, 4.69) is 4.72 Å². The molecule has 2 rings (SSSR count). The van der Waals surface area contributed by atoms with Gasteiger partial charge in [-0.2, -0.15) is 0 Å². The van der Waals surface area contributed by atoms with Crippen LogP contribution in [-0.2, 0) is 14.8 Å². The monoisotopic (exact) mass is 283 g/mol. The SMILES string of the molecule is CCC(C(=O)O)c1ccccc1S(=O)(=O)NC1CC1. The maximum atomic E-state index is 12.2. The summed E-state index contributed by atoms with van der Waals surface area (Å²) in [6.07, 6.45) is 2.04. The Morgan fingerprint density at radius 1 is 1.42 bits per heavy atom. The fraction of sp³-hybridized carbons (Fsp3) is 0.462. The predicted octanol–water partition coefficient (Wildman–Crippen LogP) is 1.71. The molecule has 1 aromatic carbocycles. The average molecular weight is 283 g/mol. The second-order valence-corrected chi connectivity index (χ2v) is 6.41. The van der Waals surface area contributed by atoms with Crippen molar-refractivity contribution in [2.24, 2.45) is 0 Å². The van der Waals surface area contributed by atoms with Gasteiger partial charge in [0.2, 0.25) is 10.0 Å². The van der Waals surface area contributed by atoms with Crippen molar-refractivity contribution in [1.82, 2.24) is 4.72 Å². The van der Waals surface area contributed by atoms with Gasteiger partial charge < -0.3 is 5.11 Å². The molecule has 1 aliphatic carbocycles. The zero-order valence-corrected chi connectivity index (χ0v) is 11.5. The van der Waals surface area contributed by atoms with Crippen LogP contribution in [0.3, 0.4) is 0 Å². The Morgan fingerprint density at radius 2 is 2.05 bits per heavy atom. The van der Waals surface area contributed by atoms with Gasteiger partial charge in [0.25, 0.3) is 0 Å². The van der Waals surface area contributed by atoms with Crippen LogP contribution in [0.2, 0.25) is 0 Å². The van der Waals surface area contributed by atoms with E-state index in [-0.39, 0.29) is 10.9 Å². The van der Waals surface area contributed by atoms with Crippen molar-refractivity contribution in [2.45, 2.75) is 43.0 Å². The summed E-state index contributed by atoms with van der Waals surface area (Å²) in [5, 5.41) is 9.20. The van der Waals surface area contributed by atoms with Gasteiger partial charge in [0, 0.05) is 6.04 Å². The van der Waals surface area contributed by atoms with Gasteiger partial charge in [-0.25, -0.2) is 13.1 Å². The van der Waals surface area contributed by atoms with Crippen LogP contribution >= 0.6 is 0 Å². The number of rotatable bonds is 6. The lowest BCUT2D eigenvalue weighted by atomic mass is 9.97. The van der Waals surface area contributed by atoms with Crippen LogP contribution < -0.4 is 4.72 Å². The van der Waals surface area contributed by atoms with Crippen LogP contribution in [0.15, 0.2) is 29.2 Å². The first-order valence-corrected chi connectivity index (χ1v) is 7.78. The van der Waals surface area contributed by atoms with Gasteiger partial charge in [-0.15, -0.1) is 0 Å². The summed E-state index contributed by atoms with van der Waals surface area (Å²) in [5.41, 5.74) is 0.352. The number of carboxylic acid groups (broad SMARTS) is 1. The van der Waals surface area contributed by atoms with Gasteiger partial charge in [-0.3, -0.25) is 4.79 Å². The van der Waals surface area contributed by atoms with Crippen molar-refractivity contribution in [3.05, 3.63) is 29.8 Å². The third-order valence-corrected chi connectivity index (χ3v) is 4.78. The van der Waals surface area contributed by atoms with Crippen molar-refractivity contribution in [3.8, 4) is 0 Å². The summed E-state index contributed by atoms with van der Waals surface area (Å²) in [6, 6.07) is 6.31. The average Bonchev–Trinajstić information content (AvgIpc) is 3.13. The normalized spacial score (nSPS) is 17.1. The molecule has 1 atom stereocenters. The highest BCUT2D eigenvalue weighted by Crippen LogP contribution is 2.29. The zero-order valence-electron chi connectivity index (χ0n) is 10.7. The quantitative estimate of drug-likeness (QED) is 0.832. The summed E-state index contributed by atoms with van der Waals surface area (Å²) >= 11 is 0. The number of aliphatic carboxylic acids is 1. The van der Waals surface area contributed by atoms with E-state index in [0.29, 0.717) is 12.0 Å². The van der Waals surface area contributed by atoms with Crippen LogP contribution in [0.4, 0.5) is 0 Å². The number of hydrogen-bond acceptors (Lipinski definition) is 3. The van der Waals surface area contributed by atoms with Gasteiger partial charge >= 0.3 is 5.97 Å².